The predicted molar refractivity (Wildman–Crippen MR) is 74.0 cm³/mol. The van der Waals surface area contributed by atoms with Crippen LogP contribution in [0.3, 0.4) is 0 Å². The Kier molecular flexibility index (Phi) is 3.98. The van der Waals surface area contributed by atoms with Gasteiger partial charge in [-0.3, -0.25) is 4.79 Å². The zero-order chi connectivity index (χ0) is 12.7. The van der Waals surface area contributed by atoms with Gasteiger partial charge in [-0.2, -0.15) is 0 Å². The first-order valence-corrected chi connectivity index (χ1v) is 7.55. The van der Waals surface area contributed by atoms with Gasteiger partial charge >= 0.3 is 0 Å². The predicted octanol–water partition coefficient (Wildman–Crippen LogP) is 4.41. The minimum Gasteiger partial charge on any atom is -0.374 e. The maximum Gasteiger partial charge on any atom is 0.178 e. The Morgan fingerprint density at radius 2 is 2.06 bits per heavy atom. The number of carbonyl (C=O) groups excluding carboxylic acids is 1. The fourth-order valence-corrected chi connectivity index (χ4v) is 4.04. The second kappa shape index (κ2) is 5.00. The molecule has 0 aliphatic carbocycles. The lowest BCUT2D eigenvalue weighted by atomic mass is 9.85. The van der Waals surface area contributed by atoms with Crippen LogP contribution in [0.15, 0.2) is 10.5 Å². The topological polar surface area (TPSA) is 26.3 Å². The van der Waals surface area contributed by atoms with E-state index >= 15 is 0 Å². The van der Waals surface area contributed by atoms with Crippen molar-refractivity contribution in [3.05, 3.63) is 19.8 Å². The van der Waals surface area contributed by atoms with E-state index < -0.39 is 0 Å². The summed E-state index contributed by atoms with van der Waals surface area (Å²) in [6.07, 6.45) is 0.116. The SMILES string of the molecule is CC1OC(C)C(C(=O)c2cc(Br)c(Cl)s2)C1C. The first-order valence-electron chi connectivity index (χ1n) is 5.56. The normalized spacial score (nSPS) is 33.0. The van der Waals surface area contributed by atoms with Gasteiger partial charge in [-0.1, -0.05) is 18.5 Å². The molecule has 1 saturated heterocycles. The molecule has 0 bridgehead atoms. The summed E-state index contributed by atoms with van der Waals surface area (Å²) in [7, 11) is 0. The van der Waals surface area contributed by atoms with Crippen LogP contribution in [0.1, 0.15) is 30.4 Å². The Morgan fingerprint density at radius 1 is 1.41 bits per heavy atom. The van der Waals surface area contributed by atoms with Gasteiger partial charge in [-0.05, 0) is 41.8 Å². The molecule has 2 nitrogen and oxygen atoms in total. The van der Waals surface area contributed by atoms with Gasteiger partial charge in [0.2, 0.25) is 0 Å². The van der Waals surface area contributed by atoms with Crippen LogP contribution in [0.2, 0.25) is 4.34 Å². The number of rotatable bonds is 2. The third-order valence-corrected chi connectivity index (χ3v) is 5.92. The second-order valence-corrected chi connectivity index (χ2v) is 7.04. The average molecular weight is 338 g/mol. The molecule has 1 aromatic heterocycles. The molecule has 2 heterocycles. The van der Waals surface area contributed by atoms with Crippen LogP contribution < -0.4 is 0 Å². The van der Waals surface area contributed by atoms with Crippen molar-refractivity contribution < 1.29 is 9.53 Å². The largest absolute Gasteiger partial charge is 0.374 e. The molecular weight excluding hydrogens is 324 g/mol. The summed E-state index contributed by atoms with van der Waals surface area (Å²) >= 11 is 10.6. The molecule has 0 amide bonds. The number of halogens is 2. The van der Waals surface area contributed by atoms with Crippen LogP contribution in [0, 0.1) is 11.8 Å². The summed E-state index contributed by atoms with van der Waals surface area (Å²) in [5, 5.41) is 0. The number of thiophene rings is 1. The smallest absolute Gasteiger partial charge is 0.178 e. The molecule has 1 fully saturated rings. The Labute approximate surface area is 118 Å². The van der Waals surface area contributed by atoms with Crippen molar-refractivity contribution in [3.63, 3.8) is 0 Å². The van der Waals surface area contributed by atoms with E-state index in [-0.39, 0.29) is 29.8 Å². The number of ketones is 1. The minimum atomic E-state index is -0.0633. The van der Waals surface area contributed by atoms with E-state index in [0.29, 0.717) is 9.21 Å². The van der Waals surface area contributed by atoms with Crippen LogP contribution >= 0.6 is 38.9 Å². The van der Waals surface area contributed by atoms with E-state index in [1.54, 1.807) is 6.07 Å². The van der Waals surface area contributed by atoms with E-state index in [9.17, 15) is 4.79 Å². The first-order chi connectivity index (χ1) is 7.91. The Morgan fingerprint density at radius 3 is 2.47 bits per heavy atom. The summed E-state index contributed by atoms with van der Waals surface area (Å²) in [6, 6.07) is 1.80. The van der Waals surface area contributed by atoms with Crippen LogP contribution in [-0.4, -0.2) is 18.0 Å². The summed E-state index contributed by atoms with van der Waals surface area (Å²) in [5.41, 5.74) is 0. The number of Topliss-reactive ketones (excluding diaryl/α,β-unsaturated/α-hetero) is 1. The van der Waals surface area contributed by atoms with Crippen molar-refractivity contribution in [2.24, 2.45) is 11.8 Å². The van der Waals surface area contributed by atoms with Crippen molar-refractivity contribution in [1.29, 1.82) is 0 Å². The van der Waals surface area contributed by atoms with Crippen LogP contribution in [-0.2, 0) is 4.74 Å². The van der Waals surface area contributed by atoms with Gasteiger partial charge in [0.05, 0.1) is 23.0 Å². The van der Waals surface area contributed by atoms with Gasteiger partial charge < -0.3 is 4.74 Å². The van der Waals surface area contributed by atoms with Crippen LogP contribution in [0.5, 0.6) is 0 Å². The van der Waals surface area contributed by atoms with Gasteiger partial charge in [0.15, 0.2) is 5.78 Å². The van der Waals surface area contributed by atoms with Gasteiger partial charge in [0, 0.05) is 4.47 Å². The van der Waals surface area contributed by atoms with Crippen molar-refractivity contribution in [2.75, 3.05) is 0 Å². The van der Waals surface area contributed by atoms with Crippen LogP contribution in [0.4, 0.5) is 0 Å². The van der Waals surface area contributed by atoms with Crippen molar-refractivity contribution in [3.8, 4) is 0 Å². The lowest BCUT2D eigenvalue weighted by Gasteiger charge is -2.15. The molecule has 94 valence electrons. The standard InChI is InChI=1S/C12H14BrClO2S/c1-5-6(2)16-7(3)10(5)11(15)9-4-8(13)12(14)17-9/h4-7,10H,1-3H3. The summed E-state index contributed by atoms with van der Waals surface area (Å²) in [5.74, 6) is 0.329. The lowest BCUT2D eigenvalue weighted by molar-refractivity contribution is 0.0492. The second-order valence-electron chi connectivity index (χ2n) is 4.53. The summed E-state index contributed by atoms with van der Waals surface area (Å²) in [4.78, 5) is 13.1. The van der Waals surface area contributed by atoms with E-state index in [4.69, 9.17) is 16.3 Å². The molecule has 2 rings (SSSR count). The third kappa shape index (κ3) is 2.46. The molecule has 5 heteroatoms. The number of ether oxygens (including phenoxy) is 1. The maximum atomic E-state index is 12.4. The third-order valence-electron chi connectivity index (χ3n) is 3.43. The maximum absolute atomic E-state index is 12.4. The zero-order valence-electron chi connectivity index (χ0n) is 9.87. The fourth-order valence-electron chi connectivity index (χ4n) is 2.35. The van der Waals surface area contributed by atoms with Gasteiger partial charge in [0.25, 0.3) is 0 Å². The molecule has 1 aliphatic heterocycles. The van der Waals surface area contributed by atoms with Gasteiger partial charge in [0.1, 0.15) is 4.34 Å². The molecule has 4 atom stereocenters. The molecule has 0 aromatic carbocycles. The van der Waals surface area contributed by atoms with E-state index in [1.807, 2.05) is 13.8 Å². The van der Waals surface area contributed by atoms with Crippen molar-refractivity contribution in [1.82, 2.24) is 0 Å². The molecular formula is C12H14BrClO2S. The first kappa shape index (κ1) is 13.5. The zero-order valence-corrected chi connectivity index (χ0v) is 13.0. The van der Waals surface area contributed by atoms with Crippen molar-refractivity contribution in [2.45, 2.75) is 33.0 Å². The fraction of sp³-hybridized carbons (Fsp3) is 0.583. The average Bonchev–Trinajstić information content (AvgIpc) is 2.70. The highest BCUT2D eigenvalue weighted by molar-refractivity contribution is 9.10. The van der Waals surface area contributed by atoms with Gasteiger partial charge in [-0.15, -0.1) is 11.3 Å². The van der Waals surface area contributed by atoms with Crippen LogP contribution in [0.25, 0.3) is 0 Å². The minimum absolute atomic E-state index is 0.0212. The van der Waals surface area contributed by atoms with E-state index in [2.05, 4.69) is 22.9 Å². The highest BCUT2D eigenvalue weighted by Crippen LogP contribution is 2.38. The Hall–Kier alpha value is 0.1000. The molecule has 17 heavy (non-hydrogen) atoms. The Balaban J connectivity index is 2.26. The molecule has 0 spiro atoms. The van der Waals surface area contributed by atoms with E-state index in [1.165, 1.54) is 11.3 Å². The number of hydrogen-bond acceptors (Lipinski definition) is 3. The quantitative estimate of drug-likeness (QED) is 0.747. The summed E-state index contributed by atoms with van der Waals surface area (Å²) in [6.45, 7) is 6.06. The Bertz CT molecular complexity index is 426. The molecule has 0 saturated carbocycles. The molecule has 1 aliphatic rings. The van der Waals surface area contributed by atoms with Gasteiger partial charge in [-0.25, -0.2) is 0 Å². The highest BCUT2D eigenvalue weighted by atomic mass is 79.9. The van der Waals surface area contributed by atoms with Crippen molar-refractivity contribution >= 4 is 44.7 Å². The monoisotopic (exact) mass is 336 g/mol. The molecule has 0 radical (unpaired) electrons. The molecule has 1 aromatic rings. The lowest BCUT2D eigenvalue weighted by Crippen LogP contribution is -2.26. The van der Waals surface area contributed by atoms with E-state index in [0.717, 1.165) is 4.47 Å². The summed E-state index contributed by atoms with van der Waals surface area (Å²) < 4.78 is 7.12. The molecule has 4 unspecified atom stereocenters. The number of carbonyl (C=O) groups is 1. The number of hydrogen-bond donors (Lipinski definition) is 0. The molecule has 0 N–H and O–H groups in total. The highest BCUT2D eigenvalue weighted by Gasteiger charge is 2.42.